The summed E-state index contributed by atoms with van der Waals surface area (Å²) < 4.78 is 42.1. The normalized spacial score (nSPS) is 14.0. The van der Waals surface area contributed by atoms with Crippen LogP contribution in [0, 0.1) is 5.92 Å². The minimum absolute atomic E-state index is 0.00621. The number of aromatic amines is 1. The molecule has 0 fully saturated rings. The van der Waals surface area contributed by atoms with Crippen LogP contribution in [0.4, 0.5) is 4.79 Å². The molecule has 4 N–H and O–H groups in total. The van der Waals surface area contributed by atoms with Crippen LogP contribution in [0.25, 0.3) is 22.0 Å². The zero-order chi connectivity index (χ0) is 53.7. The van der Waals surface area contributed by atoms with E-state index in [4.69, 9.17) is 23.0 Å². The van der Waals surface area contributed by atoms with E-state index >= 15 is 0 Å². The first-order chi connectivity index (χ1) is 36.5. The first-order valence-corrected chi connectivity index (χ1v) is 29.0. The van der Waals surface area contributed by atoms with Gasteiger partial charge in [-0.1, -0.05) is 177 Å². The van der Waals surface area contributed by atoms with Crippen molar-refractivity contribution in [2.75, 3.05) is 39.6 Å². The second kappa shape index (κ2) is 33.4. The number of esters is 1. The standard InChI is InChI=1S/C59H83N4O11P/c1-5-8-9-10-11-12-13-14-15-16-17-18-19-35-56(66)70-38-27-26-34-54(64)53(62-59(68)71-42-51-49-31-22-20-29-47(49)48-30-21-23-32-50(48)51)43-74-75(69,72-37-6-2)73-39-36-60-58(67)57(44(4)7-3)63-55(65)40-45-41-61-52-33-25-24-28-46(45)52/h6,20-25,28-33,41,44,51,53,57,61H,2,5,7-19,26-27,34-40,42-43H2,1,3-4H3,(H,60,67)(H,62,68)(H,63,65)/t44-,53?,57-,75?/m0/s1. The van der Waals surface area contributed by atoms with Gasteiger partial charge in [0, 0.05) is 42.4 Å². The molecule has 3 amide bonds. The highest BCUT2D eigenvalue weighted by atomic mass is 31.2. The van der Waals surface area contributed by atoms with Gasteiger partial charge in [-0.15, -0.1) is 6.58 Å². The van der Waals surface area contributed by atoms with Gasteiger partial charge in [0.1, 0.15) is 18.7 Å². The molecule has 16 heteroatoms. The van der Waals surface area contributed by atoms with Crippen LogP contribution >= 0.6 is 7.82 Å². The van der Waals surface area contributed by atoms with Crippen molar-refractivity contribution in [3.8, 4) is 11.1 Å². The van der Waals surface area contributed by atoms with Gasteiger partial charge in [0.15, 0.2) is 5.78 Å². The van der Waals surface area contributed by atoms with Gasteiger partial charge in [-0.05, 0) is 59.1 Å². The van der Waals surface area contributed by atoms with E-state index in [0.29, 0.717) is 25.7 Å². The van der Waals surface area contributed by atoms with Crippen molar-refractivity contribution in [3.63, 3.8) is 0 Å². The molecule has 1 aliphatic carbocycles. The number of para-hydroxylation sites is 1. The second-order valence-electron chi connectivity index (χ2n) is 19.6. The monoisotopic (exact) mass is 1050 g/mol. The highest BCUT2D eigenvalue weighted by molar-refractivity contribution is 7.48. The van der Waals surface area contributed by atoms with Crippen molar-refractivity contribution in [1.29, 1.82) is 0 Å². The minimum Gasteiger partial charge on any atom is -0.466 e. The quantitative estimate of drug-likeness (QED) is 0.0143. The van der Waals surface area contributed by atoms with Gasteiger partial charge in [-0.3, -0.25) is 32.7 Å². The van der Waals surface area contributed by atoms with E-state index in [0.717, 1.165) is 58.0 Å². The highest BCUT2D eigenvalue weighted by Crippen LogP contribution is 2.49. The third kappa shape index (κ3) is 20.5. The molecule has 2 unspecified atom stereocenters. The summed E-state index contributed by atoms with van der Waals surface area (Å²) in [5.74, 6) is -1.92. The van der Waals surface area contributed by atoms with Crippen LogP contribution in [-0.2, 0) is 53.2 Å². The number of phosphoric ester groups is 1. The van der Waals surface area contributed by atoms with Crippen LogP contribution in [0.3, 0.4) is 0 Å². The Morgan fingerprint density at radius 1 is 0.707 bits per heavy atom. The molecule has 75 heavy (non-hydrogen) atoms. The molecule has 0 bridgehead atoms. The van der Waals surface area contributed by atoms with Crippen LogP contribution in [0.5, 0.6) is 0 Å². The maximum Gasteiger partial charge on any atom is 0.475 e. The first-order valence-electron chi connectivity index (χ1n) is 27.5. The summed E-state index contributed by atoms with van der Waals surface area (Å²) in [5.41, 5.74) is 5.86. The van der Waals surface area contributed by atoms with Crippen LogP contribution in [-0.4, -0.2) is 86.3 Å². The minimum atomic E-state index is -4.43. The fraction of sp³-hybridized carbons (Fsp3) is 0.542. The van der Waals surface area contributed by atoms with Gasteiger partial charge >= 0.3 is 19.9 Å². The molecule has 0 spiro atoms. The number of fused-ring (bicyclic) bond motifs is 4. The Kier molecular flexibility index (Phi) is 26.9. The van der Waals surface area contributed by atoms with E-state index < -0.39 is 44.3 Å². The molecule has 0 aliphatic heterocycles. The van der Waals surface area contributed by atoms with Crippen LogP contribution in [0.15, 0.2) is 91.6 Å². The Labute approximate surface area is 445 Å². The van der Waals surface area contributed by atoms with Crippen molar-refractivity contribution < 1.29 is 51.6 Å². The number of nitrogens with one attached hydrogen (secondary N) is 4. The Balaban J connectivity index is 1.10. The van der Waals surface area contributed by atoms with Crippen LogP contribution in [0.2, 0.25) is 0 Å². The number of hydrogen-bond acceptors (Lipinski definition) is 11. The summed E-state index contributed by atoms with van der Waals surface area (Å²) in [6.45, 7) is 8.51. The number of benzene rings is 3. The highest BCUT2D eigenvalue weighted by Gasteiger charge is 2.33. The number of phosphoric acid groups is 1. The molecule has 1 aromatic heterocycles. The molecule has 0 radical (unpaired) electrons. The number of unbranched alkanes of at least 4 members (excludes halogenated alkanes) is 13. The van der Waals surface area contributed by atoms with Gasteiger partial charge in [-0.2, -0.15) is 0 Å². The van der Waals surface area contributed by atoms with Gasteiger partial charge in [0.05, 0.1) is 32.8 Å². The fourth-order valence-corrected chi connectivity index (χ4v) is 10.5. The molecule has 0 saturated heterocycles. The second-order valence-corrected chi connectivity index (χ2v) is 21.2. The maximum atomic E-state index is 14.0. The van der Waals surface area contributed by atoms with Crippen molar-refractivity contribution in [2.24, 2.45) is 5.92 Å². The van der Waals surface area contributed by atoms with Crippen molar-refractivity contribution in [1.82, 2.24) is 20.9 Å². The number of H-pyrrole nitrogens is 1. The third-order valence-electron chi connectivity index (χ3n) is 13.8. The number of ether oxygens (including phenoxy) is 2. The topological polar surface area (TPSA) is 200 Å². The summed E-state index contributed by atoms with van der Waals surface area (Å²) >= 11 is 0. The van der Waals surface area contributed by atoms with Gasteiger partial charge < -0.3 is 30.4 Å². The molecule has 410 valence electrons. The summed E-state index contributed by atoms with van der Waals surface area (Å²) in [4.78, 5) is 69.7. The number of Topliss-reactive ketones (excluding diaryl/α,β-unsaturated/α-hetero) is 1. The fourth-order valence-electron chi connectivity index (χ4n) is 9.36. The lowest BCUT2D eigenvalue weighted by Crippen LogP contribution is -2.51. The largest absolute Gasteiger partial charge is 0.475 e. The lowest BCUT2D eigenvalue weighted by Gasteiger charge is -2.24. The van der Waals surface area contributed by atoms with E-state index in [2.05, 4.69) is 34.4 Å². The molecule has 5 rings (SSSR count). The van der Waals surface area contributed by atoms with E-state index in [9.17, 15) is 28.5 Å². The molecule has 1 heterocycles. The third-order valence-corrected chi connectivity index (χ3v) is 15.3. The number of alkyl carbamates (subject to hydrolysis) is 1. The number of hydrogen-bond donors (Lipinski definition) is 4. The summed E-state index contributed by atoms with van der Waals surface area (Å²) in [6.07, 6.45) is 19.9. The van der Waals surface area contributed by atoms with E-state index in [-0.39, 0.29) is 69.5 Å². The van der Waals surface area contributed by atoms with Gasteiger partial charge in [0.2, 0.25) is 11.8 Å². The molecular formula is C59H83N4O11P. The average molecular weight is 1060 g/mol. The van der Waals surface area contributed by atoms with E-state index in [1.54, 1.807) is 6.20 Å². The summed E-state index contributed by atoms with van der Waals surface area (Å²) in [5, 5.41) is 9.17. The SMILES string of the molecule is C=CCOP(=O)(OCCNC(=O)[C@@H](NC(=O)Cc1c[nH]c2ccccc12)[C@@H](C)CC)OCC(NC(=O)OCC1c2ccccc2-c2ccccc21)C(=O)CCCCOC(=O)CCCCCCCCCCCCCCC. The number of ketones is 1. The van der Waals surface area contributed by atoms with Crippen molar-refractivity contribution >= 4 is 48.4 Å². The molecule has 15 nitrogen and oxygen atoms in total. The zero-order valence-corrected chi connectivity index (χ0v) is 45.6. The lowest BCUT2D eigenvalue weighted by atomic mass is 9.98. The Bertz CT molecular complexity index is 2410. The first kappa shape index (κ1) is 60.3. The van der Waals surface area contributed by atoms with Crippen LogP contribution < -0.4 is 16.0 Å². The zero-order valence-electron chi connectivity index (χ0n) is 44.7. The van der Waals surface area contributed by atoms with Gasteiger partial charge in [0.25, 0.3) is 0 Å². The summed E-state index contributed by atoms with van der Waals surface area (Å²) in [7, 11) is -4.43. The Hall–Kier alpha value is -5.60. The number of rotatable bonds is 39. The lowest BCUT2D eigenvalue weighted by molar-refractivity contribution is -0.143. The molecule has 4 aromatic rings. The van der Waals surface area contributed by atoms with Crippen molar-refractivity contribution in [3.05, 3.63) is 108 Å². The predicted octanol–water partition coefficient (Wildman–Crippen LogP) is 12.4. The number of carbonyl (C=O) groups excluding carboxylic acids is 5. The van der Waals surface area contributed by atoms with E-state index in [1.165, 1.54) is 70.3 Å². The summed E-state index contributed by atoms with van der Waals surface area (Å²) in [6, 6.07) is 21.3. The molecule has 1 aliphatic rings. The Morgan fingerprint density at radius 3 is 1.97 bits per heavy atom. The number of amides is 3. The van der Waals surface area contributed by atoms with Crippen LogP contribution in [0.1, 0.15) is 159 Å². The average Bonchev–Trinajstić information content (AvgIpc) is 3.98. The molecule has 4 atom stereocenters. The predicted molar refractivity (Wildman–Crippen MR) is 294 cm³/mol. The maximum absolute atomic E-state index is 14.0. The smallest absolute Gasteiger partial charge is 0.466 e. The number of aromatic nitrogens is 1. The number of carbonyl (C=O) groups is 5. The molecular weight excluding hydrogens is 972 g/mol. The van der Waals surface area contributed by atoms with Crippen molar-refractivity contribution in [2.45, 2.75) is 161 Å². The molecule has 0 saturated carbocycles. The van der Waals surface area contributed by atoms with E-state index in [1.807, 2.05) is 86.6 Å². The Morgan fingerprint density at radius 2 is 1.32 bits per heavy atom. The van der Waals surface area contributed by atoms with Gasteiger partial charge in [-0.25, -0.2) is 9.36 Å². The molecule has 3 aromatic carbocycles.